The zero-order valence-corrected chi connectivity index (χ0v) is 21.9. The van der Waals surface area contributed by atoms with Crippen LogP contribution in [0.15, 0.2) is 15.8 Å². The molecule has 1 aliphatic rings. The number of phosphoric acid groups is 2. The quantitative estimate of drug-likeness (QED) is 0.261. The Kier molecular flexibility index (Phi) is 10.6. The molecule has 1 aromatic rings. The molecule has 202 valence electrons. The molecule has 35 heavy (non-hydrogen) atoms. The molecule has 0 spiro atoms. The molecule has 0 bridgehead atoms. The molecule has 1 aromatic heterocycles. The van der Waals surface area contributed by atoms with Crippen molar-refractivity contribution >= 4 is 15.6 Å². The molecule has 1 saturated heterocycles. The molecule has 15 nitrogen and oxygen atoms in total. The number of aromatic amines is 1. The number of aryl methyl sites for hydroxylation is 1. The second-order valence-electron chi connectivity index (χ2n) is 8.36. The van der Waals surface area contributed by atoms with Crippen molar-refractivity contribution in [3.8, 4) is 0 Å². The fraction of sp³-hybridized carbons (Fsp3) is 0.778. The molecule has 5 unspecified atom stereocenters. The highest BCUT2D eigenvalue weighted by atomic mass is 31.3. The second kappa shape index (κ2) is 12.3. The Bertz CT molecular complexity index is 1060. The Morgan fingerprint density at radius 2 is 1.94 bits per heavy atom. The van der Waals surface area contributed by atoms with E-state index in [1.807, 2.05) is 0 Å². The van der Waals surface area contributed by atoms with Gasteiger partial charge in [0.15, 0.2) is 6.29 Å². The van der Waals surface area contributed by atoms with Gasteiger partial charge in [0.05, 0.1) is 18.8 Å². The molecular formula is C18H33N3O12P2. The number of nitrogens with zero attached hydrogens (tertiary/aromatic N) is 2. The highest BCUT2D eigenvalue weighted by Crippen LogP contribution is 2.61. The molecule has 0 radical (unpaired) electrons. The van der Waals surface area contributed by atoms with Crippen molar-refractivity contribution in [3.63, 3.8) is 0 Å². The van der Waals surface area contributed by atoms with Crippen LogP contribution < -0.4 is 11.2 Å². The normalized spacial score (nSPS) is 27.3. The first-order chi connectivity index (χ1) is 16.1. The fourth-order valence-electron chi connectivity index (χ4n) is 3.30. The average molecular weight is 545 g/mol. The molecule has 1 fully saturated rings. The largest absolute Gasteiger partial charge is 0.483 e. The zero-order valence-electron chi connectivity index (χ0n) is 20.1. The summed E-state index contributed by atoms with van der Waals surface area (Å²) in [5.41, 5.74) is -0.958. The van der Waals surface area contributed by atoms with E-state index in [2.05, 4.69) is 9.29 Å². The molecule has 0 amide bonds. The van der Waals surface area contributed by atoms with E-state index >= 15 is 0 Å². The number of aromatic nitrogens is 2. The highest BCUT2D eigenvalue weighted by molar-refractivity contribution is 7.61. The summed E-state index contributed by atoms with van der Waals surface area (Å²) in [5.74, 6) is 0. The van der Waals surface area contributed by atoms with E-state index in [1.54, 1.807) is 32.8 Å². The van der Waals surface area contributed by atoms with E-state index < -0.39 is 64.1 Å². The molecule has 17 heteroatoms. The summed E-state index contributed by atoms with van der Waals surface area (Å²) in [6.07, 6.45) is -2.19. The predicted octanol–water partition coefficient (Wildman–Crippen LogP) is 0.274. The van der Waals surface area contributed by atoms with Crippen LogP contribution in [0.1, 0.15) is 32.3 Å². The number of aliphatic hydroxyl groups excluding tert-OH is 1. The van der Waals surface area contributed by atoms with Gasteiger partial charge in [0, 0.05) is 17.8 Å². The van der Waals surface area contributed by atoms with E-state index in [0.29, 0.717) is 6.42 Å². The molecule has 0 aromatic carbocycles. The summed E-state index contributed by atoms with van der Waals surface area (Å²) in [4.78, 5) is 47.0. The monoisotopic (exact) mass is 545 g/mol. The lowest BCUT2D eigenvalue weighted by molar-refractivity contribution is -0.222. The van der Waals surface area contributed by atoms with E-state index in [0.717, 1.165) is 4.57 Å². The van der Waals surface area contributed by atoms with E-state index in [9.17, 15) is 33.6 Å². The zero-order chi connectivity index (χ0) is 26.6. The van der Waals surface area contributed by atoms with E-state index in [-0.39, 0.29) is 18.7 Å². The van der Waals surface area contributed by atoms with Crippen molar-refractivity contribution in [1.82, 2.24) is 14.5 Å². The molecule has 1 aliphatic heterocycles. The van der Waals surface area contributed by atoms with Crippen LogP contribution in [0, 0.1) is 6.92 Å². The van der Waals surface area contributed by atoms with Crippen LogP contribution in [-0.4, -0.2) is 80.7 Å². The Hall–Kier alpha value is -1.22. The summed E-state index contributed by atoms with van der Waals surface area (Å²) in [7, 11) is -6.93. The third-order valence-electron chi connectivity index (χ3n) is 5.24. The van der Waals surface area contributed by atoms with Gasteiger partial charge in [-0.3, -0.25) is 23.4 Å². The SMILES string of the molecule is CC[C@@H](COP(=O)(O)OP(=O)(O)O[C@H]1OC(C)CC(N(C)C)C1O)OCn1cc(C)c(=O)[nH]c1=O. The molecule has 4 N–H and O–H groups in total. The van der Waals surface area contributed by atoms with Gasteiger partial charge in [-0.25, -0.2) is 13.9 Å². The summed E-state index contributed by atoms with van der Waals surface area (Å²) >= 11 is 0. The smallest absolute Gasteiger partial charge is 0.386 e. The Morgan fingerprint density at radius 3 is 2.54 bits per heavy atom. The number of rotatable bonds is 12. The van der Waals surface area contributed by atoms with Crippen LogP contribution in [0.3, 0.4) is 0 Å². The van der Waals surface area contributed by atoms with Gasteiger partial charge in [0.1, 0.15) is 12.8 Å². The lowest BCUT2D eigenvalue weighted by atomic mass is 9.99. The van der Waals surface area contributed by atoms with Gasteiger partial charge in [0.2, 0.25) is 0 Å². The maximum absolute atomic E-state index is 12.3. The van der Waals surface area contributed by atoms with Crippen molar-refractivity contribution in [3.05, 3.63) is 32.6 Å². The van der Waals surface area contributed by atoms with Crippen molar-refractivity contribution in [2.45, 2.75) is 71.0 Å². The molecule has 7 atom stereocenters. The maximum Gasteiger partial charge on any atom is 0.483 e. The Labute approximate surface area is 201 Å². The Balaban J connectivity index is 1.94. The number of hydrogen-bond donors (Lipinski definition) is 4. The minimum atomic E-state index is -5.21. The molecule has 0 saturated carbocycles. The topological polar surface area (TPSA) is 199 Å². The predicted molar refractivity (Wildman–Crippen MR) is 121 cm³/mol. The van der Waals surface area contributed by atoms with Crippen molar-refractivity contribution in [1.29, 1.82) is 0 Å². The van der Waals surface area contributed by atoms with E-state index in [4.69, 9.17) is 18.5 Å². The standard InChI is InChI=1S/C18H33N3O12P2/c1-6-13(29-10-21-8-11(2)16(23)19-18(21)24)9-30-34(25,26)33-35(27,28)32-17-15(22)14(20(4)5)7-12(3)31-17/h8,12-15,17,22H,6-7,9-10H2,1-5H3,(H,25,26)(H,27,28)(H,19,23,24)/t12?,13-,14?,15?,17+/m0/s1. The number of likely N-dealkylation sites (N-methyl/N-ethyl adjacent to an activating group) is 1. The van der Waals surface area contributed by atoms with Crippen LogP contribution in [0.5, 0.6) is 0 Å². The lowest BCUT2D eigenvalue weighted by Crippen LogP contribution is -2.53. The first kappa shape index (κ1) is 30.0. The highest BCUT2D eigenvalue weighted by Gasteiger charge is 2.44. The van der Waals surface area contributed by atoms with Gasteiger partial charge in [-0.05, 0) is 40.8 Å². The van der Waals surface area contributed by atoms with Gasteiger partial charge in [-0.2, -0.15) is 4.31 Å². The van der Waals surface area contributed by atoms with E-state index in [1.165, 1.54) is 13.1 Å². The van der Waals surface area contributed by atoms with Crippen LogP contribution in [0.2, 0.25) is 0 Å². The number of aliphatic hydroxyl groups is 1. The first-order valence-corrected chi connectivity index (χ1v) is 13.7. The maximum atomic E-state index is 12.3. The number of H-pyrrole nitrogens is 1. The van der Waals surface area contributed by atoms with Gasteiger partial charge in [0.25, 0.3) is 5.56 Å². The number of hydrogen-bond acceptors (Lipinski definition) is 11. The molecular weight excluding hydrogens is 512 g/mol. The summed E-state index contributed by atoms with van der Waals surface area (Å²) in [6.45, 7) is 4.02. The fourth-order valence-corrected chi connectivity index (χ4v) is 5.47. The minimum absolute atomic E-state index is 0.274. The van der Waals surface area contributed by atoms with Crippen molar-refractivity contribution < 1.29 is 46.9 Å². The van der Waals surface area contributed by atoms with Crippen LogP contribution >= 0.6 is 15.6 Å². The summed E-state index contributed by atoms with van der Waals surface area (Å²) in [5, 5.41) is 10.4. The molecule has 2 heterocycles. The second-order valence-corrected chi connectivity index (χ2v) is 11.4. The van der Waals surface area contributed by atoms with Gasteiger partial charge < -0.3 is 29.3 Å². The van der Waals surface area contributed by atoms with Gasteiger partial charge in [-0.15, -0.1) is 0 Å². The third kappa shape index (κ3) is 8.99. The summed E-state index contributed by atoms with van der Waals surface area (Å²) in [6, 6.07) is -0.456. The number of ether oxygens (including phenoxy) is 2. The minimum Gasteiger partial charge on any atom is -0.386 e. The first-order valence-electron chi connectivity index (χ1n) is 10.8. The number of phosphoric ester groups is 2. The molecule has 2 rings (SSSR count). The molecule has 0 aliphatic carbocycles. The van der Waals surface area contributed by atoms with Crippen LogP contribution in [-0.2, 0) is 38.7 Å². The van der Waals surface area contributed by atoms with Gasteiger partial charge in [-0.1, -0.05) is 6.92 Å². The van der Waals surface area contributed by atoms with Crippen molar-refractivity contribution in [2.75, 3.05) is 20.7 Å². The average Bonchev–Trinajstić information content (AvgIpc) is 2.72. The third-order valence-corrected chi connectivity index (χ3v) is 7.84. The van der Waals surface area contributed by atoms with Crippen LogP contribution in [0.25, 0.3) is 0 Å². The number of nitrogens with one attached hydrogen (secondary N) is 1. The lowest BCUT2D eigenvalue weighted by Gasteiger charge is -2.40. The van der Waals surface area contributed by atoms with Crippen LogP contribution in [0.4, 0.5) is 0 Å². The Morgan fingerprint density at radius 1 is 1.29 bits per heavy atom. The van der Waals surface area contributed by atoms with Gasteiger partial charge >= 0.3 is 21.3 Å². The van der Waals surface area contributed by atoms with Crippen molar-refractivity contribution in [2.24, 2.45) is 0 Å². The summed E-state index contributed by atoms with van der Waals surface area (Å²) < 4.78 is 50.4.